The molecule has 0 unspecified atom stereocenters. The molecule has 0 bridgehead atoms. The zero-order valence-electron chi connectivity index (χ0n) is 10.6. The molecule has 0 amide bonds. The summed E-state index contributed by atoms with van der Waals surface area (Å²) in [6.07, 6.45) is 1.59. The van der Waals surface area contributed by atoms with Gasteiger partial charge in [-0.15, -0.1) is 0 Å². The zero-order valence-corrected chi connectivity index (χ0v) is 10.6. The van der Waals surface area contributed by atoms with Crippen LogP contribution in [0, 0.1) is 5.82 Å². The molecule has 1 heterocycles. The SMILES string of the molecule is COC(=O)Cc1ncc(-c2ccc(OC)c(F)c2)[nH]1. The predicted molar refractivity (Wildman–Crippen MR) is 66.3 cm³/mol. The number of nitrogens with one attached hydrogen (secondary N) is 1. The molecule has 1 aromatic carbocycles. The van der Waals surface area contributed by atoms with Gasteiger partial charge in [-0.2, -0.15) is 0 Å². The van der Waals surface area contributed by atoms with E-state index in [-0.39, 0.29) is 18.1 Å². The smallest absolute Gasteiger partial charge is 0.313 e. The van der Waals surface area contributed by atoms with Crippen LogP contribution in [0.5, 0.6) is 5.75 Å². The van der Waals surface area contributed by atoms with Gasteiger partial charge < -0.3 is 14.5 Å². The fourth-order valence-corrected chi connectivity index (χ4v) is 1.64. The van der Waals surface area contributed by atoms with Crippen LogP contribution in [0.15, 0.2) is 24.4 Å². The minimum atomic E-state index is -0.455. The number of benzene rings is 1. The van der Waals surface area contributed by atoms with E-state index < -0.39 is 5.82 Å². The number of carbonyl (C=O) groups is 1. The zero-order chi connectivity index (χ0) is 13.8. The summed E-state index contributed by atoms with van der Waals surface area (Å²) in [6, 6.07) is 4.58. The number of imidazole rings is 1. The Labute approximate surface area is 109 Å². The monoisotopic (exact) mass is 264 g/mol. The summed E-state index contributed by atoms with van der Waals surface area (Å²) in [4.78, 5) is 18.1. The van der Waals surface area contributed by atoms with Gasteiger partial charge in [0.15, 0.2) is 11.6 Å². The second-order valence-corrected chi connectivity index (χ2v) is 3.85. The lowest BCUT2D eigenvalue weighted by Gasteiger charge is -2.03. The second-order valence-electron chi connectivity index (χ2n) is 3.85. The summed E-state index contributed by atoms with van der Waals surface area (Å²) in [5, 5.41) is 0. The first-order chi connectivity index (χ1) is 9.13. The van der Waals surface area contributed by atoms with Crippen LogP contribution < -0.4 is 4.74 Å². The summed E-state index contributed by atoms with van der Waals surface area (Å²) in [5.41, 5.74) is 1.25. The molecule has 2 rings (SSSR count). The average Bonchev–Trinajstić information content (AvgIpc) is 2.87. The molecule has 100 valence electrons. The number of nitrogens with zero attached hydrogens (tertiary/aromatic N) is 1. The van der Waals surface area contributed by atoms with Crippen molar-refractivity contribution < 1.29 is 18.7 Å². The van der Waals surface area contributed by atoms with E-state index in [1.54, 1.807) is 12.3 Å². The number of carbonyl (C=O) groups excluding carboxylic acids is 1. The summed E-state index contributed by atoms with van der Waals surface area (Å²) in [7, 11) is 2.72. The Morgan fingerprint density at radius 1 is 1.42 bits per heavy atom. The molecule has 19 heavy (non-hydrogen) atoms. The number of methoxy groups -OCH3 is 2. The highest BCUT2D eigenvalue weighted by Gasteiger charge is 2.10. The predicted octanol–water partition coefficient (Wildman–Crippen LogP) is 1.94. The van der Waals surface area contributed by atoms with Gasteiger partial charge in [0.2, 0.25) is 0 Å². The van der Waals surface area contributed by atoms with Crippen LogP contribution >= 0.6 is 0 Å². The number of ether oxygens (including phenoxy) is 2. The van der Waals surface area contributed by atoms with E-state index in [4.69, 9.17) is 4.74 Å². The second kappa shape index (κ2) is 5.51. The minimum Gasteiger partial charge on any atom is -0.494 e. The lowest BCUT2D eigenvalue weighted by molar-refractivity contribution is -0.139. The molecule has 5 nitrogen and oxygen atoms in total. The van der Waals surface area contributed by atoms with Crippen molar-refractivity contribution in [3.05, 3.63) is 36.0 Å². The van der Waals surface area contributed by atoms with E-state index in [1.165, 1.54) is 26.4 Å². The van der Waals surface area contributed by atoms with Crippen molar-refractivity contribution in [3.63, 3.8) is 0 Å². The third-order valence-electron chi connectivity index (χ3n) is 2.63. The Hall–Kier alpha value is -2.37. The molecule has 0 fully saturated rings. The van der Waals surface area contributed by atoms with Gasteiger partial charge in [-0.1, -0.05) is 0 Å². The normalized spacial score (nSPS) is 10.3. The maximum absolute atomic E-state index is 13.6. The van der Waals surface area contributed by atoms with E-state index in [1.807, 2.05) is 0 Å². The van der Waals surface area contributed by atoms with E-state index in [2.05, 4.69) is 14.7 Å². The first kappa shape index (κ1) is 13.1. The highest BCUT2D eigenvalue weighted by Crippen LogP contribution is 2.24. The Morgan fingerprint density at radius 3 is 2.84 bits per heavy atom. The first-order valence-corrected chi connectivity index (χ1v) is 5.58. The number of hydrogen-bond donors (Lipinski definition) is 1. The van der Waals surface area contributed by atoms with E-state index >= 15 is 0 Å². The maximum atomic E-state index is 13.6. The van der Waals surface area contributed by atoms with Crippen LogP contribution in [0.4, 0.5) is 4.39 Å². The van der Waals surface area contributed by atoms with Gasteiger partial charge in [-0.25, -0.2) is 9.37 Å². The van der Waals surface area contributed by atoms with Crippen LogP contribution in [0.1, 0.15) is 5.82 Å². The van der Waals surface area contributed by atoms with Gasteiger partial charge in [0.1, 0.15) is 12.2 Å². The Balaban J connectivity index is 2.23. The fraction of sp³-hybridized carbons (Fsp3) is 0.231. The molecule has 0 saturated carbocycles. The van der Waals surface area contributed by atoms with Crippen molar-refractivity contribution in [1.29, 1.82) is 0 Å². The van der Waals surface area contributed by atoms with Crippen molar-refractivity contribution in [2.24, 2.45) is 0 Å². The van der Waals surface area contributed by atoms with E-state index in [0.29, 0.717) is 17.1 Å². The molecule has 0 atom stereocenters. The average molecular weight is 264 g/mol. The molecule has 1 aromatic heterocycles. The number of halogens is 1. The Morgan fingerprint density at radius 2 is 2.21 bits per heavy atom. The van der Waals surface area contributed by atoms with Crippen molar-refractivity contribution in [2.75, 3.05) is 14.2 Å². The Kier molecular flexibility index (Phi) is 3.79. The van der Waals surface area contributed by atoms with Crippen LogP contribution in [0.25, 0.3) is 11.3 Å². The van der Waals surface area contributed by atoms with Gasteiger partial charge >= 0.3 is 5.97 Å². The molecule has 6 heteroatoms. The van der Waals surface area contributed by atoms with Gasteiger partial charge in [0.05, 0.1) is 26.1 Å². The number of aromatic amines is 1. The largest absolute Gasteiger partial charge is 0.494 e. The van der Waals surface area contributed by atoms with Gasteiger partial charge in [0, 0.05) is 5.56 Å². The summed E-state index contributed by atoms with van der Waals surface area (Å²) in [6.45, 7) is 0. The van der Waals surface area contributed by atoms with Crippen LogP contribution in [-0.2, 0) is 16.0 Å². The highest BCUT2D eigenvalue weighted by atomic mass is 19.1. The van der Waals surface area contributed by atoms with Crippen LogP contribution in [-0.4, -0.2) is 30.2 Å². The van der Waals surface area contributed by atoms with Crippen molar-refractivity contribution >= 4 is 5.97 Å². The molecule has 0 saturated heterocycles. The van der Waals surface area contributed by atoms with Crippen LogP contribution in [0.3, 0.4) is 0 Å². The number of rotatable bonds is 4. The summed E-state index contributed by atoms with van der Waals surface area (Å²) in [5.74, 6) is -0.193. The van der Waals surface area contributed by atoms with Crippen molar-refractivity contribution in [3.8, 4) is 17.0 Å². The fourth-order valence-electron chi connectivity index (χ4n) is 1.64. The topological polar surface area (TPSA) is 64.2 Å². The molecule has 0 aliphatic heterocycles. The molecular weight excluding hydrogens is 251 g/mol. The third kappa shape index (κ3) is 2.90. The van der Waals surface area contributed by atoms with Gasteiger partial charge in [-0.05, 0) is 18.2 Å². The van der Waals surface area contributed by atoms with E-state index in [0.717, 1.165) is 0 Å². The molecule has 0 aliphatic rings. The summed E-state index contributed by atoms with van der Waals surface area (Å²) < 4.78 is 23.0. The van der Waals surface area contributed by atoms with Gasteiger partial charge in [0.25, 0.3) is 0 Å². The number of H-pyrrole nitrogens is 1. The Bertz CT molecular complexity index is 595. The van der Waals surface area contributed by atoms with E-state index in [9.17, 15) is 9.18 Å². The van der Waals surface area contributed by atoms with Crippen molar-refractivity contribution in [1.82, 2.24) is 9.97 Å². The molecular formula is C13H13FN2O3. The lowest BCUT2D eigenvalue weighted by atomic mass is 10.1. The molecule has 2 aromatic rings. The molecule has 0 aliphatic carbocycles. The number of hydrogen-bond acceptors (Lipinski definition) is 4. The minimum absolute atomic E-state index is 0.0507. The lowest BCUT2D eigenvalue weighted by Crippen LogP contribution is -2.05. The van der Waals surface area contributed by atoms with Crippen LogP contribution in [0.2, 0.25) is 0 Å². The third-order valence-corrected chi connectivity index (χ3v) is 2.63. The highest BCUT2D eigenvalue weighted by molar-refractivity contribution is 5.71. The maximum Gasteiger partial charge on any atom is 0.313 e. The molecule has 0 radical (unpaired) electrons. The van der Waals surface area contributed by atoms with Gasteiger partial charge in [-0.3, -0.25) is 4.79 Å². The molecule has 0 spiro atoms. The number of aromatic nitrogens is 2. The standard InChI is InChI=1S/C13H13FN2O3/c1-18-11-4-3-8(5-9(11)14)10-7-15-12(16-10)6-13(17)19-2/h3-5,7H,6H2,1-2H3,(H,15,16). The quantitative estimate of drug-likeness (QED) is 0.857. The number of esters is 1. The molecule has 1 N–H and O–H groups in total. The first-order valence-electron chi connectivity index (χ1n) is 5.58. The summed E-state index contributed by atoms with van der Waals surface area (Å²) >= 11 is 0. The van der Waals surface area contributed by atoms with Crippen molar-refractivity contribution in [2.45, 2.75) is 6.42 Å².